The summed E-state index contributed by atoms with van der Waals surface area (Å²) in [6, 6.07) is 21.9. The standard InChI is InChI=1S/C18H16N4/c1-2-22(16-9-4-3-5-10-16)21-18-15(13-19)12-14-8-6-7-11-17(14)20-18/h3-12H,2H2,1H3,(H,20,21). The number of fused-ring (bicyclic) bond motifs is 1. The van der Waals surface area contributed by atoms with Gasteiger partial charge >= 0.3 is 0 Å². The lowest BCUT2D eigenvalue weighted by molar-refractivity contribution is 0.938. The fourth-order valence-corrected chi connectivity index (χ4v) is 2.35. The molecule has 1 aromatic heterocycles. The van der Waals surface area contributed by atoms with Gasteiger partial charge < -0.3 is 0 Å². The van der Waals surface area contributed by atoms with Crippen molar-refractivity contribution in [2.24, 2.45) is 0 Å². The minimum Gasteiger partial charge on any atom is -0.287 e. The molecule has 1 N–H and O–H groups in total. The summed E-state index contributed by atoms with van der Waals surface area (Å²) >= 11 is 0. The van der Waals surface area contributed by atoms with E-state index in [1.807, 2.05) is 72.6 Å². The lowest BCUT2D eigenvalue weighted by Gasteiger charge is -2.25. The topological polar surface area (TPSA) is 52.0 Å². The van der Waals surface area contributed by atoms with Crippen molar-refractivity contribution in [1.82, 2.24) is 4.98 Å². The molecule has 0 aliphatic heterocycles. The van der Waals surface area contributed by atoms with E-state index in [9.17, 15) is 5.26 Å². The summed E-state index contributed by atoms with van der Waals surface area (Å²) in [6.45, 7) is 2.80. The van der Waals surface area contributed by atoms with E-state index in [4.69, 9.17) is 0 Å². The molecule has 0 fully saturated rings. The van der Waals surface area contributed by atoms with Gasteiger partial charge in [-0.05, 0) is 31.2 Å². The third-order valence-corrected chi connectivity index (χ3v) is 3.47. The van der Waals surface area contributed by atoms with Crippen molar-refractivity contribution in [2.75, 3.05) is 17.0 Å². The van der Waals surface area contributed by atoms with Gasteiger partial charge in [0.1, 0.15) is 6.07 Å². The van der Waals surface area contributed by atoms with Gasteiger partial charge in [0, 0.05) is 11.9 Å². The van der Waals surface area contributed by atoms with Crippen LogP contribution in [0.3, 0.4) is 0 Å². The van der Waals surface area contributed by atoms with Crippen molar-refractivity contribution in [3.8, 4) is 6.07 Å². The SMILES string of the molecule is CCN(Nc1nc2ccccc2cc1C#N)c1ccccc1. The zero-order valence-electron chi connectivity index (χ0n) is 12.3. The first-order valence-electron chi connectivity index (χ1n) is 7.21. The Labute approximate surface area is 129 Å². The van der Waals surface area contributed by atoms with E-state index in [0.717, 1.165) is 23.1 Å². The summed E-state index contributed by atoms with van der Waals surface area (Å²) < 4.78 is 0. The largest absolute Gasteiger partial charge is 0.287 e. The summed E-state index contributed by atoms with van der Waals surface area (Å²) in [4.78, 5) is 4.58. The van der Waals surface area contributed by atoms with Crippen LogP contribution in [0.15, 0.2) is 60.7 Å². The summed E-state index contributed by atoms with van der Waals surface area (Å²) in [7, 11) is 0. The molecule has 0 spiro atoms. The number of aromatic nitrogens is 1. The van der Waals surface area contributed by atoms with Crippen LogP contribution in [0.25, 0.3) is 10.9 Å². The van der Waals surface area contributed by atoms with E-state index in [-0.39, 0.29) is 0 Å². The number of hydrogen-bond donors (Lipinski definition) is 1. The average Bonchev–Trinajstić information content (AvgIpc) is 2.59. The van der Waals surface area contributed by atoms with E-state index < -0.39 is 0 Å². The van der Waals surface area contributed by atoms with Gasteiger partial charge in [0.2, 0.25) is 0 Å². The molecule has 0 aliphatic carbocycles. The van der Waals surface area contributed by atoms with Crippen LogP contribution >= 0.6 is 0 Å². The van der Waals surface area contributed by atoms with Gasteiger partial charge in [0.15, 0.2) is 5.82 Å². The van der Waals surface area contributed by atoms with Gasteiger partial charge in [0.05, 0.1) is 16.8 Å². The number of hydrazine groups is 1. The van der Waals surface area contributed by atoms with Crippen LogP contribution in [-0.4, -0.2) is 11.5 Å². The fourth-order valence-electron chi connectivity index (χ4n) is 2.35. The lowest BCUT2D eigenvalue weighted by Crippen LogP contribution is -2.30. The first kappa shape index (κ1) is 13.9. The maximum Gasteiger partial charge on any atom is 0.163 e. The minimum absolute atomic E-state index is 0.535. The Morgan fingerprint density at radius 1 is 1.09 bits per heavy atom. The Hall–Kier alpha value is -3.06. The van der Waals surface area contributed by atoms with Crippen LogP contribution in [0.2, 0.25) is 0 Å². The lowest BCUT2D eigenvalue weighted by atomic mass is 10.1. The van der Waals surface area contributed by atoms with Gasteiger partial charge in [-0.2, -0.15) is 5.26 Å². The van der Waals surface area contributed by atoms with Gasteiger partial charge in [-0.25, -0.2) is 4.98 Å². The third-order valence-electron chi connectivity index (χ3n) is 3.47. The highest BCUT2D eigenvalue weighted by atomic mass is 15.5. The minimum atomic E-state index is 0.535. The molecule has 108 valence electrons. The van der Waals surface area contributed by atoms with Crippen LogP contribution in [0, 0.1) is 11.3 Å². The van der Waals surface area contributed by atoms with E-state index in [2.05, 4.69) is 16.5 Å². The predicted molar refractivity (Wildman–Crippen MR) is 89.5 cm³/mol. The molecule has 22 heavy (non-hydrogen) atoms. The maximum atomic E-state index is 9.39. The number of pyridine rings is 1. The smallest absolute Gasteiger partial charge is 0.163 e. The molecule has 4 nitrogen and oxygen atoms in total. The molecule has 1 heterocycles. The van der Waals surface area contributed by atoms with E-state index in [1.165, 1.54) is 0 Å². The van der Waals surface area contributed by atoms with Gasteiger partial charge in [-0.15, -0.1) is 0 Å². The summed E-state index contributed by atoms with van der Waals surface area (Å²) in [5.74, 6) is 0.576. The Morgan fingerprint density at radius 2 is 1.82 bits per heavy atom. The maximum absolute atomic E-state index is 9.39. The number of para-hydroxylation sites is 2. The number of benzene rings is 2. The highest BCUT2D eigenvalue weighted by Gasteiger charge is 2.10. The van der Waals surface area contributed by atoms with E-state index in [0.29, 0.717) is 11.4 Å². The second-order valence-electron chi connectivity index (χ2n) is 4.88. The number of nitrogens with zero attached hydrogens (tertiary/aromatic N) is 3. The van der Waals surface area contributed by atoms with E-state index in [1.54, 1.807) is 0 Å². The zero-order chi connectivity index (χ0) is 15.4. The molecule has 2 aromatic carbocycles. The quantitative estimate of drug-likeness (QED) is 0.738. The number of rotatable bonds is 4. The van der Waals surface area contributed by atoms with Crippen molar-refractivity contribution in [3.63, 3.8) is 0 Å². The monoisotopic (exact) mass is 288 g/mol. The predicted octanol–water partition coefficient (Wildman–Crippen LogP) is 3.96. The molecule has 0 atom stereocenters. The Bertz CT molecular complexity index is 821. The molecule has 0 saturated heterocycles. The Balaban J connectivity index is 2.00. The van der Waals surface area contributed by atoms with Crippen molar-refractivity contribution in [2.45, 2.75) is 6.92 Å². The number of anilines is 2. The molecular weight excluding hydrogens is 272 g/mol. The molecule has 0 amide bonds. The van der Waals surface area contributed by atoms with Crippen molar-refractivity contribution >= 4 is 22.4 Å². The number of nitriles is 1. The zero-order valence-corrected chi connectivity index (χ0v) is 12.3. The molecule has 0 aliphatic rings. The van der Waals surface area contributed by atoms with Crippen LogP contribution in [0.1, 0.15) is 12.5 Å². The first-order chi connectivity index (χ1) is 10.8. The molecule has 4 heteroatoms. The van der Waals surface area contributed by atoms with Crippen molar-refractivity contribution < 1.29 is 0 Å². The van der Waals surface area contributed by atoms with E-state index >= 15 is 0 Å². The van der Waals surface area contributed by atoms with Gasteiger partial charge in [-0.3, -0.25) is 10.4 Å². The van der Waals surface area contributed by atoms with Crippen LogP contribution in [0.4, 0.5) is 11.5 Å². The second kappa shape index (κ2) is 6.15. The Kier molecular flexibility index (Phi) is 3.88. The normalized spacial score (nSPS) is 10.2. The molecule has 0 bridgehead atoms. The van der Waals surface area contributed by atoms with Crippen LogP contribution in [0.5, 0.6) is 0 Å². The molecule has 3 rings (SSSR count). The summed E-state index contributed by atoms with van der Waals surface area (Å²) in [5.41, 5.74) is 5.69. The fraction of sp³-hybridized carbons (Fsp3) is 0.111. The molecule has 3 aromatic rings. The van der Waals surface area contributed by atoms with Crippen molar-refractivity contribution in [1.29, 1.82) is 5.26 Å². The van der Waals surface area contributed by atoms with Gasteiger partial charge in [-0.1, -0.05) is 36.4 Å². The molecule has 0 saturated carbocycles. The molecule has 0 radical (unpaired) electrons. The van der Waals surface area contributed by atoms with Crippen molar-refractivity contribution in [3.05, 3.63) is 66.2 Å². The van der Waals surface area contributed by atoms with Crippen LogP contribution < -0.4 is 10.4 Å². The van der Waals surface area contributed by atoms with Crippen LogP contribution in [-0.2, 0) is 0 Å². The summed E-state index contributed by atoms with van der Waals surface area (Å²) in [6.07, 6.45) is 0. The Morgan fingerprint density at radius 3 is 2.55 bits per heavy atom. The first-order valence-corrected chi connectivity index (χ1v) is 7.21. The highest BCUT2D eigenvalue weighted by molar-refractivity contribution is 5.83. The molecular formula is C18H16N4. The molecule has 0 unspecified atom stereocenters. The van der Waals surface area contributed by atoms with Gasteiger partial charge in [0.25, 0.3) is 0 Å². The summed E-state index contributed by atoms with van der Waals surface area (Å²) in [5, 5.41) is 12.3. The third kappa shape index (κ3) is 2.70. The number of hydrogen-bond acceptors (Lipinski definition) is 4. The average molecular weight is 288 g/mol. The number of nitrogens with one attached hydrogen (secondary N) is 1. The highest BCUT2D eigenvalue weighted by Crippen LogP contribution is 2.22. The second-order valence-corrected chi connectivity index (χ2v) is 4.88.